The van der Waals surface area contributed by atoms with Gasteiger partial charge in [-0.1, -0.05) is 29.3 Å². The molecule has 1 aliphatic rings. The number of aromatic nitrogens is 2. The number of thiophene rings is 1. The topological polar surface area (TPSA) is 55.2 Å². The van der Waals surface area contributed by atoms with Crippen LogP contribution in [0.3, 0.4) is 0 Å². The number of rotatable bonds is 4. The van der Waals surface area contributed by atoms with E-state index >= 15 is 0 Å². The summed E-state index contributed by atoms with van der Waals surface area (Å²) in [6, 6.07) is 5.53. The average molecular weight is 450 g/mol. The predicted octanol–water partition coefficient (Wildman–Crippen LogP) is 5.14. The highest BCUT2D eigenvalue weighted by atomic mass is 35.5. The number of carbonyl (C=O) groups is 1. The second-order valence-corrected chi connectivity index (χ2v) is 9.39. The first-order valence-electron chi connectivity index (χ1n) is 9.56. The van der Waals surface area contributed by atoms with Crippen LogP contribution in [-0.2, 0) is 11.3 Å². The van der Waals surface area contributed by atoms with Gasteiger partial charge in [0.25, 0.3) is 5.56 Å². The van der Waals surface area contributed by atoms with E-state index in [1.165, 1.54) is 11.3 Å². The molecule has 1 fully saturated rings. The molecule has 0 spiro atoms. The van der Waals surface area contributed by atoms with Gasteiger partial charge in [0, 0.05) is 24.4 Å². The summed E-state index contributed by atoms with van der Waals surface area (Å²) in [5.41, 5.74) is 1.89. The first-order chi connectivity index (χ1) is 13.9. The van der Waals surface area contributed by atoms with Crippen molar-refractivity contribution >= 4 is 50.7 Å². The Morgan fingerprint density at radius 2 is 2.07 bits per heavy atom. The molecule has 1 unspecified atom stereocenters. The van der Waals surface area contributed by atoms with Gasteiger partial charge in [0.05, 0.1) is 27.8 Å². The second-order valence-electron chi connectivity index (χ2n) is 7.38. The van der Waals surface area contributed by atoms with E-state index in [2.05, 4.69) is 4.98 Å². The Labute approximate surface area is 182 Å². The molecule has 0 saturated carbocycles. The van der Waals surface area contributed by atoms with E-state index in [9.17, 15) is 9.59 Å². The Balaban J connectivity index is 1.51. The molecule has 1 saturated heterocycles. The Morgan fingerprint density at radius 1 is 1.28 bits per heavy atom. The van der Waals surface area contributed by atoms with Crippen LogP contribution in [0.2, 0.25) is 10.0 Å². The van der Waals surface area contributed by atoms with Crippen molar-refractivity contribution in [3.8, 4) is 0 Å². The molecule has 0 bridgehead atoms. The SMILES string of the molecule is Cc1sc2ncn(CCC(=O)N3CCCC3c3ccc(Cl)c(Cl)c3)c(=O)c2c1C. The van der Waals surface area contributed by atoms with Gasteiger partial charge in [-0.25, -0.2) is 4.98 Å². The molecule has 0 radical (unpaired) electrons. The van der Waals surface area contributed by atoms with E-state index in [1.54, 1.807) is 17.0 Å². The summed E-state index contributed by atoms with van der Waals surface area (Å²) in [4.78, 5) is 33.9. The van der Waals surface area contributed by atoms with Crippen LogP contribution in [0, 0.1) is 13.8 Å². The van der Waals surface area contributed by atoms with Gasteiger partial charge in [0.15, 0.2) is 0 Å². The van der Waals surface area contributed by atoms with Crippen LogP contribution in [0.25, 0.3) is 10.2 Å². The molecule has 3 aromatic rings. The van der Waals surface area contributed by atoms with Crippen LogP contribution < -0.4 is 5.56 Å². The van der Waals surface area contributed by atoms with E-state index in [-0.39, 0.29) is 23.9 Å². The molecular weight excluding hydrogens is 429 g/mol. The van der Waals surface area contributed by atoms with E-state index in [4.69, 9.17) is 23.2 Å². The normalized spacial score (nSPS) is 16.7. The van der Waals surface area contributed by atoms with Gasteiger partial charge in [-0.15, -0.1) is 11.3 Å². The van der Waals surface area contributed by atoms with Crippen LogP contribution in [0.4, 0.5) is 0 Å². The minimum absolute atomic E-state index is 0.00337. The lowest BCUT2D eigenvalue weighted by Crippen LogP contribution is -2.32. The first kappa shape index (κ1) is 20.4. The number of amides is 1. The lowest BCUT2D eigenvalue weighted by Gasteiger charge is -2.25. The highest BCUT2D eigenvalue weighted by Gasteiger charge is 2.30. The van der Waals surface area contributed by atoms with Gasteiger partial charge in [-0.2, -0.15) is 0 Å². The minimum Gasteiger partial charge on any atom is -0.336 e. The fourth-order valence-corrected chi connectivity index (χ4v) is 5.21. The number of fused-ring (bicyclic) bond motifs is 1. The molecule has 0 N–H and O–H groups in total. The van der Waals surface area contributed by atoms with Crippen molar-refractivity contribution < 1.29 is 4.79 Å². The van der Waals surface area contributed by atoms with Crippen molar-refractivity contribution in [3.05, 3.63) is 60.9 Å². The average Bonchev–Trinajstić information content (AvgIpc) is 3.29. The monoisotopic (exact) mass is 449 g/mol. The minimum atomic E-state index is -0.0768. The molecule has 152 valence electrons. The number of aryl methyl sites for hydroxylation is 3. The molecule has 1 amide bonds. The van der Waals surface area contributed by atoms with Crippen LogP contribution >= 0.6 is 34.5 Å². The molecule has 3 heterocycles. The van der Waals surface area contributed by atoms with Crippen molar-refractivity contribution in [2.75, 3.05) is 6.54 Å². The van der Waals surface area contributed by atoms with Gasteiger partial charge >= 0.3 is 0 Å². The molecule has 29 heavy (non-hydrogen) atoms. The van der Waals surface area contributed by atoms with Crippen LogP contribution in [-0.4, -0.2) is 26.9 Å². The van der Waals surface area contributed by atoms with Crippen LogP contribution in [0.1, 0.15) is 41.3 Å². The molecule has 2 aromatic heterocycles. The summed E-state index contributed by atoms with van der Waals surface area (Å²) >= 11 is 13.7. The van der Waals surface area contributed by atoms with E-state index in [0.717, 1.165) is 33.7 Å². The summed E-state index contributed by atoms with van der Waals surface area (Å²) in [6.45, 7) is 4.96. The lowest BCUT2D eigenvalue weighted by atomic mass is 10.0. The highest BCUT2D eigenvalue weighted by Crippen LogP contribution is 2.35. The van der Waals surface area contributed by atoms with Crippen LogP contribution in [0.5, 0.6) is 0 Å². The third-order valence-corrected chi connectivity index (χ3v) is 7.48. The molecule has 8 heteroatoms. The van der Waals surface area contributed by atoms with Gasteiger partial charge in [0.1, 0.15) is 4.83 Å². The molecule has 1 aliphatic heterocycles. The number of halogens is 2. The number of likely N-dealkylation sites (tertiary alicyclic amines) is 1. The summed E-state index contributed by atoms with van der Waals surface area (Å²) in [5.74, 6) is 0.0313. The molecule has 1 atom stereocenters. The van der Waals surface area contributed by atoms with Crippen molar-refractivity contribution in [3.63, 3.8) is 0 Å². The predicted molar refractivity (Wildman–Crippen MR) is 118 cm³/mol. The van der Waals surface area contributed by atoms with E-state index < -0.39 is 0 Å². The number of benzene rings is 1. The van der Waals surface area contributed by atoms with Gasteiger partial charge in [0.2, 0.25) is 5.91 Å². The van der Waals surface area contributed by atoms with Crippen molar-refractivity contribution in [1.82, 2.24) is 14.5 Å². The zero-order chi connectivity index (χ0) is 20.7. The Morgan fingerprint density at radius 3 is 2.83 bits per heavy atom. The van der Waals surface area contributed by atoms with Gasteiger partial charge < -0.3 is 4.90 Å². The number of nitrogens with zero attached hydrogens (tertiary/aromatic N) is 3. The van der Waals surface area contributed by atoms with E-state index in [0.29, 0.717) is 28.5 Å². The Kier molecular flexibility index (Phi) is 5.69. The summed E-state index contributed by atoms with van der Waals surface area (Å²) < 4.78 is 1.55. The maximum absolute atomic E-state index is 12.9. The standard InChI is InChI=1S/C21H21Cl2N3O2S/c1-12-13(2)29-20-19(12)21(28)25(11-24-20)9-7-18(27)26-8-3-4-17(26)14-5-6-15(22)16(23)10-14/h5-6,10-11,17H,3-4,7-9H2,1-2H3. The zero-order valence-electron chi connectivity index (χ0n) is 16.2. The Hall–Kier alpha value is -1.89. The zero-order valence-corrected chi connectivity index (χ0v) is 18.6. The van der Waals surface area contributed by atoms with Gasteiger partial charge in [-0.3, -0.25) is 14.2 Å². The number of carbonyl (C=O) groups excluding carboxylic acids is 1. The first-order valence-corrected chi connectivity index (χ1v) is 11.1. The van der Waals surface area contributed by atoms with Crippen molar-refractivity contribution in [1.29, 1.82) is 0 Å². The second kappa shape index (κ2) is 8.09. The quantitative estimate of drug-likeness (QED) is 0.554. The molecule has 0 aliphatic carbocycles. The summed E-state index contributed by atoms with van der Waals surface area (Å²) in [7, 11) is 0. The highest BCUT2D eigenvalue weighted by molar-refractivity contribution is 7.18. The number of hydrogen-bond acceptors (Lipinski definition) is 4. The summed E-state index contributed by atoms with van der Waals surface area (Å²) in [5, 5.41) is 1.67. The summed E-state index contributed by atoms with van der Waals surface area (Å²) in [6.07, 6.45) is 3.64. The number of hydrogen-bond donors (Lipinski definition) is 0. The maximum Gasteiger partial charge on any atom is 0.262 e. The fraction of sp³-hybridized carbons (Fsp3) is 0.381. The van der Waals surface area contributed by atoms with Crippen molar-refractivity contribution in [2.45, 2.75) is 45.7 Å². The Bertz CT molecular complexity index is 1150. The smallest absolute Gasteiger partial charge is 0.262 e. The van der Waals surface area contributed by atoms with E-state index in [1.807, 2.05) is 30.9 Å². The van der Waals surface area contributed by atoms with Gasteiger partial charge in [-0.05, 0) is 49.9 Å². The molecule has 1 aromatic carbocycles. The molecular formula is C21H21Cl2N3O2S. The largest absolute Gasteiger partial charge is 0.336 e. The molecule has 5 nitrogen and oxygen atoms in total. The van der Waals surface area contributed by atoms with Crippen LogP contribution in [0.15, 0.2) is 29.3 Å². The molecule has 4 rings (SSSR count). The fourth-order valence-electron chi connectivity index (χ4n) is 3.92. The maximum atomic E-state index is 12.9. The third kappa shape index (κ3) is 3.81. The van der Waals surface area contributed by atoms with Crippen molar-refractivity contribution in [2.24, 2.45) is 0 Å². The lowest BCUT2D eigenvalue weighted by molar-refractivity contribution is -0.132. The third-order valence-electron chi connectivity index (χ3n) is 5.62.